The summed E-state index contributed by atoms with van der Waals surface area (Å²) in [7, 11) is 0. The van der Waals surface area contributed by atoms with Crippen molar-refractivity contribution in [3.05, 3.63) is 18.2 Å². The Labute approximate surface area is 105 Å². The quantitative estimate of drug-likeness (QED) is 0.850. The number of rotatable bonds is 5. The molecule has 1 heterocycles. The number of aryl methyl sites for hydroxylation is 1. The molecule has 96 valence electrons. The zero-order chi connectivity index (χ0) is 12.1. The van der Waals surface area contributed by atoms with Gasteiger partial charge in [0.25, 0.3) is 0 Å². The highest BCUT2D eigenvalue weighted by Gasteiger charge is 2.25. The van der Waals surface area contributed by atoms with Crippen molar-refractivity contribution in [2.24, 2.45) is 0 Å². The zero-order valence-electron chi connectivity index (χ0n) is 11.2. The van der Waals surface area contributed by atoms with Crippen LogP contribution in [0, 0.1) is 0 Å². The summed E-state index contributed by atoms with van der Waals surface area (Å²) in [6.07, 6.45) is 10.5. The van der Waals surface area contributed by atoms with Gasteiger partial charge in [0.15, 0.2) is 0 Å². The van der Waals surface area contributed by atoms with Gasteiger partial charge in [0, 0.05) is 30.9 Å². The molecule has 1 saturated carbocycles. The van der Waals surface area contributed by atoms with Crippen LogP contribution in [0.4, 0.5) is 0 Å². The first-order chi connectivity index (χ1) is 8.35. The molecule has 3 nitrogen and oxygen atoms in total. The molecule has 2 unspecified atom stereocenters. The Hall–Kier alpha value is -0.830. The highest BCUT2D eigenvalue weighted by Crippen LogP contribution is 2.31. The van der Waals surface area contributed by atoms with Crippen molar-refractivity contribution in [1.82, 2.24) is 14.9 Å². The van der Waals surface area contributed by atoms with E-state index in [9.17, 15) is 0 Å². The van der Waals surface area contributed by atoms with Crippen LogP contribution in [0.1, 0.15) is 57.7 Å². The molecule has 0 spiro atoms. The van der Waals surface area contributed by atoms with Crippen LogP contribution >= 0.6 is 0 Å². The zero-order valence-corrected chi connectivity index (χ0v) is 11.2. The van der Waals surface area contributed by atoms with E-state index in [1.807, 2.05) is 6.20 Å². The lowest BCUT2D eigenvalue weighted by Gasteiger charge is -2.29. The van der Waals surface area contributed by atoms with Gasteiger partial charge in [-0.2, -0.15) is 0 Å². The number of imidazole rings is 1. The van der Waals surface area contributed by atoms with Crippen LogP contribution in [0.25, 0.3) is 0 Å². The second-order valence-electron chi connectivity index (χ2n) is 5.09. The molecule has 1 aliphatic carbocycles. The first-order valence-electron chi connectivity index (χ1n) is 7.09. The van der Waals surface area contributed by atoms with Gasteiger partial charge >= 0.3 is 0 Å². The van der Waals surface area contributed by atoms with E-state index in [-0.39, 0.29) is 0 Å². The molecule has 17 heavy (non-hydrogen) atoms. The van der Waals surface area contributed by atoms with E-state index >= 15 is 0 Å². The smallest absolute Gasteiger partial charge is 0.111 e. The molecule has 0 bridgehead atoms. The molecule has 0 saturated heterocycles. The van der Waals surface area contributed by atoms with E-state index < -0.39 is 0 Å². The predicted molar refractivity (Wildman–Crippen MR) is 71.2 cm³/mol. The molecule has 0 aliphatic heterocycles. The van der Waals surface area contributed by atoms with Crippen LogP contribution in [0.2, 0.25) is 0 Å². The van der Waals surface area contributed by atoms with E-state index in [1.54, 1.807) is 0 Å². The van der Waals surface area contributed by atoms with Crippen molar-refractivity contribution in [3.63, 3.8) is 0 Å². The van der Waals surface area contributed by atoms with Gasteiger partial charge < -0.3 is 9.88 Å². The third kappa shape index (κ3) is 3.09. The monoisotopic (exact) mass is 235 g/mol. The van der Waals surface area contributed by atoms with Crippen LogP contribution in [-0.4, -0.2) is 22.1 Å². The molecular weight excluding hydrogens is 210 g/mol. The highest BCUT2D eigenvalue weighted by molar-refractivity contribution is 5.03. The van der Waals surface area contributed by atoms with Gasteiger partial charge in [0.05, 0.1) is 0 Å². The summed E-state index contributed by atoms with van der Waals surface area (Å²) in [5, 5.41) is 3.66. The topological polar surface area (TPSA) is 29.9 Å². The molecule has 1 aromatic rings. The normalized spacial score (nSPS) is 25.1. The largest absolute Gasteiger partial charge is 0.335 e. The molecule has 2 rings (SSSR count). The molecular formula is C14H25N3. The van der Waals surface area contributed by atoms with Crippen LogP contribution < -0.4 is 5.32 Å². The average molecular weight is 235 g/mol. The van der Waals surface area contributed by atoms with E-state index in [1.165, 1.54) is 37.9 Å². The Morgan fingerprint density at radius 1 is 1.41 bits per heavy atom. The van der Waals surface area contributed by atoms with Crippen LogP contribution in [0.5, 0.6) is 0 Å². The van der Waals surface area contributed by atoms with Crippen molar-refractivity contribution in [1.29, 1.82) is 0 Å². The van der Waals surface area contributed by atoms with Crippen molar-refractivity contribution >= 4 is 0 Å². The molecule has 1 N–H and O–H groups in total. The van der Waals surface area contributed by atoms with Gasteiger partial charge in [-0.3, -0.25) is 0 Å². The molecule has 3 heteroatoms. The fourth-order valence-corrected chi connectivity index (χ4v) is 2.91. The summed E-state index contributed by atoms with van der Waals surface area (Å²) < 4.78 is 2.30. The van der Waals surface area contributed by atoms with Gasteiger partial charge in [-0.15, -0.1) is 0 Å². The maximum Gasteiger partial charge on any atom is 0.111 e. The fourth-order valence-electron chi connectivity index (χ4n) is 2.91. The van der Waals surface area contributed by atoms with E-state index in [0.29, 0.717) is 12.0 Å². The number of aromatic nitrogens is 2. The van der Waals surface area contributed by atoms with Crippen LogP contribution in [-0.2, 0) is 6.54 Å². The standard InChI is InChI=1S/C14H25N3/c1-3-8-15-13-7-5-6-12(11-13)14-16-9-10-17(14)4-2/h9-10,12-13,15H,3-8,11H2,1-2H3. The lowest BCUT2D eigenvalue weighted by atomic mass is 9.85. The summed E-state index contributed by atoms with van der Waals surface area (Å²) in [5.74, 6) is 1.96. The first kappa shape index (κ1) is 12.6. The summed E-state index contributed by atoms with van der Waals surface area (Å²) in [6.45, 7) is 6.62. The second-order valence-corrected chi connectivity index (χ2v) is 5.09. The minimum absolute atomic E-state index is 0.660. The number of nitrogens with one attached hydrogen (secondary N) is 1. The summed E-state index contributed by atoms with van der Waals surface area (Å²) in [6, 6.07) is 0.704. The summed E-state index contributed by atoms with van der Waals surface area (Å²) in [4.78, 5) is 4.56. The predicted octanol–water partition coefficient (Wildman–Crippen LogP) is 2.93. The second kappa shape index (κ2) is 6.20. The van der Waals surface area contributed by atoms with Crippen LogP contribution in [0.3, 0.4) is 0 Å². The Morgan fingerprint density at radius 2 is 2.29 bits per heavy atom. The molecule has 1 aliphatic rings. The highest BCUT2D eigenvalue weighted by atomic mass is 15.1. The van der Waals surface area contributed by atoms with Gasteiger partial charge in [0.1, 0.15) is 5.82 Å². The SMILES string of the molecule is CCCNC1CCCC(c2nccn2CC)C1. The Balaban J connectivity index is 1.97. The van der Waals surface area contributed by atoms with Crippen molar-refractivity contribution in [2.45, 2.75) is 64.5 Å². The number of hydrogen-bond donors (Lipinski definition) is 1. The van der Waals surface area contributed by atoms with Crippen molar-refractivity contribution in [3.8, 4) is 0 Å². The molecule has 0 radical (unpaired) electrons. The average Bonchev–Trinajstić information content (AvgIpc) is 2.85. The minimum atomic E-state index is 0.660. The van der Waals surface area contributed by atoms with E-state index in [0.717, 1.165) is 13.1 Å². The molecule has 0 aromatic carbocycles. The molecule has 1 fully saturated rings. The number of nitrogens with zero attached hydrogens (tertiary/aromatic N) is 2. The summed E-state index contributed by atoms with van der Waals surface area (Å²) in [5.41, 5.74) is 0. The third-order valence-electron chi connectivity index (χ3n) is 3.81. The van der Waals surface area contributed by atoms with E-state index in [4.69, 9.17) is 0 Å². The molecule has 1 aromatic heterocycles. The summed E-state index contributed by atoms with van der Waals surface area (Å²) >= 11 is 0. The van der Waals surface area contributed by atoms with Crippen LogP contribution in [0.15, 0.2) is 12.4 Å². The Kier molecular flexibility index (Phi) is 4.60. The minimum Gasteiger partial charge on any atom is -0.335 e. The maximum atomic E-state index is 4.56. The first-order valence-corrected chi connectivity index (χ1v) is 7.09. The maximum absolute atomic E-state index is 4.56. The Morgan fingerprint density at radius 3 is 3.06 bits per heavy atom. The van der Waals surface area contributed by atoms with Crippen molar-refractivity contribution < 1.29 is 0 Å². The molecule has 0 amide bonds. The third-order valence-corrected chi connectivity index (χ3v) is 3.81. The Bertz CT molecular complexity index is 332. The van der Waals surface area contributed by atoms with Gasteiger partial charge in [-0.1, -0.05) is 13.3 Å². The lowest BCUT2D eigenvalue weighted by molar-refractivity contribution is 0.327. The fraction of sp³-hybridized carbons (Fsp3) is 0.786. The van der Waals surface area contributed by atoms with Crippen molar-refractivity contribution in [2.75, 3.05) is 6.54 Å². The van der Waals surface area contributed by atoms with Gasteiger partial charge in [0.2, 0.25) is 0 Å². The van der Waals surface area contributed by atoms with Gasteiger partial charge in [-0.05, 0) is 39.2 Å². The number of hydrogen-bond acceptors (Lipinski definition) is 2. The van der Waals surface area contributed by atoms with Gasteiger partial charge in [-0.25, -0.2) is 4.98 Å². The lowest BCUT2D eigenvalue weighted by Crippen LogP contribution is -2.34. The van der Waals surface area contributed by atoms with E-state index in [2.05, 4.69) is 34.9 Å². The molecule has 2 atom stereocenters.